The molecule has 8 nitrogen and oxygen atoms in total. The average Bonchev–Trinajstić information content (AvgIpc) is 2.21. The molecule has 0 bridgehead atoms. The molecule has 0 aliphatic carbocycles. The Kier molecular flexibility index (Phi) is 5.53. The normalized spacial score (nSPS) is 9.62. The first-order valence-electron chi connectivity index (χ1n) is 4.33. The molecule has 0 heterocycles. The second-order valence-electron chi connectivity index (χ2n) is 2.94. The van der Waals surface area contributed by atoms with Gasteiger partial charge in [-0.2, -0.15) is 0 Å². The van der Waals surface area contributed by atoms with Crippen molar-refractivity contribution in [3.63, 3.8) is 0 Å². The zero-order chi connectivity index (χ0) is 12.7. The van der Waals surface area contributed by atoms with Gasteiger partial charge in [0.15, 0.2) is 0 Å². The first-order chi connectivity index (χ1) is 7.34. The van der Waals surface area contributed by atoms with E-state index in [4.69, 9.17) is 10.2 Å². The standard InChI is InChI=1S/C8H12N2O6/c1-4(7(15)9-2-5(11)12)8(16)10-3-6(13)14/h4H,2-3H2,1H3,(H,9,15)(H,10,16)(H,11,12)(H,13,14). The second-order valence-corrected chi connectivity index (χ2v) is 2.94. The van der Waals surface area contributed by atoms with E-state index >= 15 is 0 Å². The number of carbonyl (C=O) groups is 4. The fourth-order valence-corrected chi connectivity index (χ4v) is 0.751. The van der Waals surface area contributed by atoms with Crippen molar-refractivity contribution in [2.45, 2.75) is 6.92 Å². The van der Waals surface area contributed by atoms with Gasteiger partial charge in [-0.25, -0.2) is 0 Å². The number of nitrogens with one attached hydrogen (secondary N) is 2. The maximum Gasteiger partial charge on any atom is 0.322 e. The summed E-state index contributed by atoms with van der Waals surface area (Å²) in [6, 6.07) is 0. The van der Waals surface area contributed by atoms with Crippen molar-refractivity contribution in [2.24, 2.45) is 5.92 Å². The summed E-state index contributed by atoms with van der Waals surface area (Å²) < 4.78 is 0. The maximum absolute atomic E-state index is 11.2. The van der Waals surface area contributed by atoms with E-state index in [0.29, 0.717) is 0 Å². The zero-order valence-corrected chi connectivity index (χ0v) is 8.52. The molecule has 16 heavy (non-hydrogen) atoms. The molecule has 4 N–H and O–H groups in total. The Hall–Kier alpha value is -2.12. The minimum absolute atomic E-state index is 0.588. The maximum atomic E-state index is 11.2. The van der Waals surface area contributed by atoms with Crippen molar-refractivity contribution < 1.29 is 29.4 Å². The topological polar surface area (TPSA) is 133 Å². The molecule has 0 rings (SSSR count). The van der Waals surface area contributed by atoms with Crippen molar-refractivity contribution in [2.75, 3.05) is 13.1 Å². The van der Waals surface area contributed by atoms with E-state index in [1.165, 1.54) is 6.92 Å². The van der Waals surface area contributed by atoms with Crippen LogP contribution in [-0.4, -0.2) is 47.1 Å². The number of carboxylic acid groups (broad SMARTS) is 2. The van der Waals surface area contributed by atoms with Gasteiger partial charge < -0.3 is 20.8 Å². The molecule has 0 aliphatic rings. The summed E-state index contributed by atoms with van der Waals surface area (Å²) in [6.45, 7) is 0.0686. The van der Waals surface area contributed by atoms with Crippen molar-refractivity contribution in [1.29, 1.82) is 0 Å². The molecule has 0 radical (unpaired) electrons. The second kappa shape index (κ2) is 6.38. The third-order valence-corrected chi connectivity index (χ3v) is 1.61. The number of rotatable bonds is 6. The van der Waals surface area contributed by atoms with Crippen LogP contribution in [0.3, 0.4) is 0 Å². The zero-order valence-electron chi connectivity index (χ0n) is 8.52. The molecule has 2 amide bonds. The van der Waals surface area contributed by atoms with E-state index in [9.17, 15) is 19.2 Å². The van der Waals surface area contributed by atoms with Crippen LogP contribution in [0.2, 0.25) is 0 Å². The van der Waals surface area contributed by atoms with Crippen LogP contribution in [0.5, 0.6) is 0 Å². The molecule has 0 spiro atoms. The molecular weight excluding hydrogens is 220 g/mol. The van der Waals surface area contributed by atoms with Gasteiger partial charge >= 0.3 is 11.9 Å². The van der Waals surface area contributed by atoms with E-state index in [0.717, 1.165) is 0 Å². The SMILES string of the molecule is CC(C(=O)NCC(=O)O)C(=O)NCC(=O)O. The Bertz CT molecular complexity index is 284. The quantitative estimate of drug-likeness (QED) is 0.392. The highest BCUT2D eigenvalue weighted by Gasteiger charge is 2.21. The van der Waals surface area contributed by atoms with Crippen molar-refractivity contribution in [3.05, 3.63) is 0 Å². The summed E-state index contributed by atoms with van der Waals surface area (Å²) in [4.78, 5) is 42.5. The Morgan fingerprint density at radius 3 is 1.50 bits per heavy atom. The van der Waals surface area contributed by atoms with Gasteiger partial charge in [-0.1, -0.05) is 0 Å². The molecule has 0 aromatic heterocycles. The number of hydrogen-bond acceptors (Lipinski definition) is 4. The van der Waals surface area contributed by atoms with Crippen LogP contribution in [-0.2, 0) is 19.2 Å². The summed E-state index contributed by atoms with van der Waals surface area (Å²) in [5.41, 5.74) is 0. The van der Waals surface area contributed by atoms with Crippen LogP contribution in [0.1, 0.15) is 6.92 Å². The van der Waals surface area contributed by atoms with Crippen molar-refractivity contribution >= 4 is 23.8 Å². The summed E-state index contributed by atoms with van der Waals surface area (Å²) in [5.74, 6) is -5.15. The van der Waals surface area contributed by atoms with Gasteiger partial charge in [-0.3, -0.25) is 19.2 Å². The third-order valence-electron chi connectivity index (χ3n) is 1.61. The smallest absolute Gasteiger partial charge is 0.322 e. The summed E-state index contributed by atoms with van der Waals surface area (Å²) in [7, 11) is 0. The number of hydrogen-bond donors (Lipinski definition) is 4. The molecule has 0 atom stereocenters. The predicted octanol–water partition coefficient (Wildman–Crippen LogP) is -1.98. The average molecular weight is 232 g/mol. The Balaban J connectivity index is 4.06. The number of amides is 2. The van der Waals surface area contributed by atoms with E-state index in [2.05, 4.69) is 0 Å². The van der Waals surface area contributed by atoms with Gasteiger partial charge in [-0.15, -0.1) is 0 Å². The first kappa shape index (κ1) is 13.9. The predicted molar refractivity (Wildman–Crippen MR) is 50.5 cm³/mol. The lowest BCUT2D eigenvalue weighted by Gasteiger charge is -2.10. The Labute approximate surface area is 90.6 Å². The van der Waals surface area contributed by atoms with E-state index in [-0.39, 0.29) is 0 Å². The molecule has 0 aromatic rings. The molecule has 0 saturated heterocycles. The van der Waals surface area contributed by atoms with Gasteiger partial charge in [0.1, 0.15) is 19.0 Å². The highest BCUT2D eigenvalue weighted by atomic mass is 16.4. The molecule has 0 aliphatic heterocycles. The Morgan fingerprint density at radius 2 is 1.25 bits per heavy atom. The van der Waals surface area contributed by atoms with Crippen LogP contribution in [0, 0.1) is 5.92 Å². The lowest BCUT2D eigenvalue weighted by atomic mass is 10.1. The minimum Gasteiger partial charge on any atom is -0.480 e. The molecule has 0 aromatic carbocycles. The molecule has 0 unspecified atom stereocenters. The fraction of sp³-hybridized carbons (Fsp3) is 0.500. The summed E-state index contributed by atoms with van der Waals surface area (Å²) in [5, 5.41) is 20.5. The fourth-order valence-electron chi connectivity index (χ4n) is 0.751. The van der Waals surface area contributed by atoms with Crippen LogP contribution < -0.4 is 10.6 Å². The monoisotopic (exact) mass is 232 g/mol. The van der Waals surface area contributed by atoms with Gasteiger partial charge in [-0.05, 0) is 6.92 Å². The highest BCUT2D eigenvalue weighted by molar-refractivity contribution is 6.01. The molecule has 0 saturated carbocycles. The molecule has 90 valence electrons. The van der Waals surface area contributed by atoms with Gasteiger partial charge in [0.05, 0.1) is 0 Å². The van der Waals surface area contributed by atoms with Crippen LogP contribution in [0.4, 0.5) is 0 Å². The van der Waals surface area contributed by atoms with Gasteiger partial charge in [0, 0.05) is 0 Å². The molecule has 8 heteroatoms. The van der Waals surface area contributed by atoms with E-state index < -0.39 is 42.8 Å². The van der Waals surface area contributed by atoms with Gasteiger partial charge in [0.2, 0.25) is 11.8 Å². The minimum atomic E-state index is -1.23. The van der Waals surface area contributed by atoms with Crippen LogP contribution in [0.25, 0.3) is 0 Å². The third kappa shape index (κ3) is 5.58. The lowest BCUT2D eigenvalue weighted by Crippen LogP contribution is -2.42. The lowest BCUT2D eigenvalue weighted by molar-refractivity contribution is -0.142. The summed E-state index contributed by atoms with van der Waals surface area (Å²) >= 11 is 0. The summed E-state index contributed by atoms with van der Waals surface area (Å²) in [6.07, 6.45) is 0. The van der Waals surface area contributed by atoms with E-state index in [1.807, 2.05) is 10.6 Å². The van der Waals surface area contributed by atoms with Crippen LogP contribution >= 0.6 is 0 Å². The number of carbonyl (C=O) groups excluding carboxylic acids is 2. The van der Waals surface area contributed by atoms with Gasteiger partial charge in [0.25, 0.3) is 0 Å². The highest BCUT2D eigenvalue weighted by Crippen LogP contribution is 1.94. The first-order valence-corrected chi connectivity index (χ1v) is 4.33. The van der Waals surface area contributed by atoms with Crippen molar-refractivity contribution in [3.8, 4) is 0 Å². The molecule has 0 fully saturated rings. The number of carboxylic acids is 2. The van der Waals surface area contributed by atoms with Crippen LogP contribution in [0.15, 0.2) is 0 Å². The van der Waals surface area contributed by atoms with Crippen molar-refractivity contribution in [1.82, 2.24) is 10.6 Å². The largest absolute Gasteiger partial charge is 0.480 e. The van der Waals surface area contributed by atoms with E-state index in [1.54, 1.807) is 0 Å². The Morgan fingerprint density at radius 1 is 0.938 bits per heavy atom. The molecular formula is C8H12N2O6. The number of aliphatic carboxylic acids is 2.